The van der Waals surface area contributed by atoms with E-state index in [2.05, 4.69) is 55.3 Å². The van der Waals surface area contributed by atoms with Crippen LogP contribution in [0.15, 0.2) is 6.07 Å². The molecule has 1 fully saturated rings. The fraction of sp³-hybridized carbons (Fsp3) is 0.750. The van der Waals surface area contributed by atoms with Crippen molar-refractivity contribution in [3.8, 4) is 0 Å². The van der Waals surface area contributed by atoms with E-state index in [0.717, 1.165) is 30.5 Å². The van der Waals surface area contributed by atoms with Gasteiger partial charge < -0.3 is 15.5 Å². The number of nitrogens with one attached hydrogen (secondary N) is 2. The normalized spacial score (nSPS) is 19.8. The fourth-order valence-corrected chi connectivity index (χ4v) is 2.60. The summed E-state index contributed by atoms with van der Waals surface area (Å²) in [4.78, 5) is 11.7. The van der Waals surface area contributed by atoms with Crippen molar-refractivity contribution in [3.05, 3.63) is 11.9 Å². The van der Waals surface area contributed by atoms with Gasteiger partial charge in [0, 0.05) is 30.6 Å². The van der Waals surface area contributed by atoms with E-state index in [-0.39, 0.29) is 5.41 Å². The van der Waals surface area contributed by atoms with Crippen molar-refractivity contribution in [2.24, 2.45) is 0 Å². The zero-order chi connectivity index (χ0) is 15.5. The first-order valence-electron chi connectivity index (χ1n) is 7.97. The van der Waals surface area contributed by atoms with Crippen molar-refractivity contribution in [1.29, 1.82) is 0 Å². The van der Waals surface area contributed by atoms with Gasteiger partial charge in [-0.1, -0.05) is 20.8 Å². The van der Waals surface area contributed by atoms with Crippen LogP contribution in [0.4, 0.5) is 11.6 Å². The molecule has 0 radical (unpaired) electrons. The minimum absolute atomic E-state index is 0.0496. The molecule has 5 nitrogen and oxygen atoms in total. The van der Waals surface area contributed by atoms with Crippen LogP contribution in [0.3, 0.4) is 0 Å². The Labute approximate surface area is 128 Å². The Bertz CT molecular complexity index is 466. The van der Waals surface area contributed by atoms with Crippen LogP contribution in [0, 0.1) is 0 Å². The molecule has 2 rings (SSSR count). The number of nitrogens with zero attached hydrogens (tertiary/aromatic N) is 3. The molecule has 0 aromatic carbocycles. The molecular formula is C16H29N5. The topological polar surface area (TPSA) is 53.1 Å². The van der Waals surface area contributed by atoms with Gasteiger partial charge in [-0.2, -0.15) is 0 Å². The second-order valence-electron chi connectivity index (χ2n) is 6.90. The van der Waals surface area contributed by atoms with Crippen molar-refractivity contribution in [3.63, 3.8) is 0 Å². The Morgan fingerprint density at radius 1 is 1.24 bits per heavy atom. The molecule has 5 heteroatoms. The number of likely N-dealkylation sites (tertiary alicyclic amines) is 1. The molecule has 118 valence electrons. The lowest BCUT2D eigenvalue weighted by Crippen LogP contribution is -2.32. The van der Waals surface area contributed by atoms with Crippen LogP contribution in [-0.2, 0) is 5.41 Å². The average Bonchev–Trinajstić information content (AvgIpc) is 2.81. The summed E-state index contributed by atoms with van der Waals surface area (Å²) in [6.45, 7) is 11.5. The lowest BCUT2D eigenvalue weighted by molar-refractivity contribution is 0.322. The Kier molecular flexibility index (Phi) is 5.04. The molecule has 2 N–H and O–H groups in total. The molecule has 0 amide bonds. The minimum Gasteiger partial charge on any atom is -0.370 e. The number of anilines is 2. The summed E-state index contributed by atoms with van der Waals surface area (Å²) in [5.74, 6) is 2.70. The highest BCUT2D eigenvalue weighted by atomic mass is 15.2. The number of hydrogen-bond donors (Lipinski definition) is 2. The van der Waals surface area contributed by atoms with Crippen LogP contribution in [0.5, 0.6) is 0 Å². The highest BCUT2D eigenvalue weighted by molar-refractivity contribution is 5.48. The van der Waals surface area contributed by atoms with E-state index < -0.39 is 0 Å². The molecule has 0 saturated carbocycles. The Hall–Kier alpha value is -1.36. The number of rotatable bonds is 5. The molecule has 21 heavy (non-hydrogen) atoms. The van der Waals surface area contributed by atoms with Crippen molar-refractivity contribution in [1.82, 2.24) is 14.9 Å². The Morgan fingerprint density at radius 2 is 1.90 bits per heavy atom. The van der Waals surface area contributed by atoms with Gasteiger partial charge in [-0.3, -0.25) is 0 Å². The molecule has 1 aromatic rings. The molecule has 1 saturated heterocycles. The third-order valence-electron chi connectivity index (χ3n) is 3.95. The van der Waals surface area contributed by atoms with Crippen LogP contribution < -0.4 is 10.6 Å². The first kappa shape index (κ1) is 16.0. The molecule has 1 aliphatic rings. The van der Waals surface area contributed by atoms with Gasteiger partial charge in [0.1, 0.15) is 17.5 Å². The maximum absolute atomic E-state index is 4.69. The average molecular weight is 291 g/mol. The predicted octanol–water partition coefficient (Wildman–Crippen LogP) is 2.71. The van der Waals surface area contributed by atoms with Gasteiger partial charge in [-0.15, -0.1) is 0 Å². The maximum atomic E-state index is 4.69. The smallest absolute Gasteiger partial charge is 0.138 e. The molecule has 1 atom stereocenters. The Morgan fingerprint density at radius 3 is 2.43 bits per heavy atom. The standard InChI is InChI=1S/C16H29N5/c1-6-17-13-10-14(20-15(19-13)16(2,3)4)18-11-12-8-7-9-21(12)5/h10,12H,6-9,11H2,1-5H3,(H2,17,18,19,20). The van der Waals surface area contributed by atoms with E-state index >= 15 is 0 Å². The largest absolute Gasteiger partial charge is 0.370 e. The van der Waals surface area contributed by atoms with Gasteiger partial charge >= 0.3 is 0 Å². The summed E-state index contributed by atoms with van der Waals surface area (Å²) < 4.78 is 0. The van der Waals surface area contributed by atoms with Gasteiger partial charge in [-0.05, 0) is 33.4 Å². The zero-order valence-corrected chi connectivity index (χ0v) is 14.0. The zero-order valence-electron chi connectivity index (χ0n) is 14.0. The molecule has 1 aliphatic heterocycles. The Balaban J connectivity index is 2.11. The van der Waals surface area contributed by atoms with Crippen LogP contribution in [0.1, 0.15) is 46.4 Å². The lowest BCUT2D eigenvalue weighted by atomic mass is 9.96. The molecule has 0 spiro atoms. The van der Waals surface area contributed by atoms with E-state index in [1.165, 1.54) is 19.4 Å². The second kappa shape index (κ2) is 6.60. The third kappa shape index (κ3) is 4.30. The fourth-order valence-electron chi connectivity index (χ4n) is 2.60. The predicted molar refractivity (Wildman–Crippen MR) is 89.0 cm³/mol. The van der Waals surface area contributed by atoms with Crippen molar-refractivity contribution < 1.29 is 0 Å². The molecule has 0 aliphatic carbocycles. The first-order valence-corrected chi connectivity index (χ1v) is 7.97. The van der Waals surface area contributed by atoms with Gasteiger partial charge in [0.2, 0.25) is 0 Å². The van der Waals surface area contributed by atoms with E-state index in [1.807, 2.05) is 6.07 Å². The van der Waals surface area contributed by atoms with Crippen molar-refractivity contribution >= 4 is 11.6 Å². The monoisotopic (exact) mass is 291 g/mol. The first-order chi connectivity index (χ1) is 9.90. The minimum atomic E-state index is -0.0496. The summed E-state index contributed by atoms with van der Waals surface area (Å²) in [7, 11) is 2.20. The van der Waals surface area contributed by atoms with Crippen LogP contribution in [-0.4, -0.2) is 47.6 Å². The number of aromatic nitrogens is 2. The summed E-state index contributed by atoms with van der Waals surface area (Å²) >= 11 is 0. The molecule has 1 aromatic heterocycles. The number of hydrogen-bond acceptors (Lipinski definition) is 5. The number of likely N-dealkylation sites (N-methyl/N-ethyl adjacent to an activating group) is 1. The molecular weight excluding hydrogens is 262 g/mol. The van der Waals surface area contributed by atoms with Crippen LogP contribution >= 0.6 is 0 Å². The molecule has 0 bridgehead atoms. The quantitative estimate of drug-likeness (QED) is 0.873. The SMILES string of the molecule is CCNc1cc(NCC2CCCN2C)nc(C(C)(C)C)n1. The molecule has 2 heterocycles. The van der Waals surface area contributed by atoms with Crippen molar-refractivity contribution in [2.75, 3.05) is 37.3 Å². The summed E-state index contributed by atoms with van der Waals surface area (Å²) in [6, 6.07) is 2.62. The maximum Gasteiger partial charge on any atom is 0.138 e. The van der Waals surface area contributed by atoms with E-state index in [9.17, 15) is 0 Å². The highest BCUT2D eigenvalue weighted by Crippen LogP contribution is 2.23. The van der Waals surface area contributed by atoms with Crippen LogP contribution in [0.2, 0.25) is 0 Å². The highest BCUT2D eigenvalue weighted by Gasteiger charge is 2.22. The molecule has 1 unspecified atom stereocenters. The van der Waals surface area contributed by atoms with Gasteiger partial charge in [-0.25, -0.2) is 9.97 Å². The lowest BCUT2D eigenvalue weighted by Gasteiger charge is -2.22. The summed E-state index contributed by atoms with van der Waals surface area (Å²) in [5, 5.41) is 6.79. The van der Waals surface area contributed by atoms with Crippen molar-refractivity contribution in [2.45, 2.75) is 52.0 Å². The van der Waals surface area contributed by atoms with Gasteiger partial charge in [0.25, 0.3) is 0 Å². The van der Waals surface area contributed by atoms with E-state index in [0.29, 0.717) is 6.04 Å². The van der Waals surface area contributed by atoms with Crippen LogP contribution in [0.25, 0.3) is 0 Å². The third-order valence-corrected chi connectivity index (χ3v) is 3.95. The summed E-state index contributed by atoms with van der Waals surface area (Å²) in [6.07, 6.45) is 2.56. The van der Waals surface area contributed by atoms with E-state index in [1.54, 1.807) is 0 Å². The van der Waals surface area contributed by atoms with E-state index in [4.69, 9.17) is 4.98 Å². The second-order valence-corrected chi connectivity index (χ2v) is 6.90. The summed E-state index contributed by atoms with van der Waals surface area (Å²) in [5.41, 5.74) is -0.0496. The van der Waals surface area contributed by atoms with Gasteiger partial charge in [0.05, 0.1) is 0 Å². The van der Waals surface area contributed by atoms with Gasteiger partial charge in [0.15, 0.2) is 0 Å².